The summed E-state index contributed by atoms with van der Waals surface area (Å²) < 4.78 is 13.8. The van der Waals surface area contributed by atoms with E-state index in [2.05, 4.69) is 32.3 Å². The van der Waals surface area contributed by atoms with Crippen molar-refractivity contribution in [2.45, 2.75) is 26.3 Å². The monoisotopic (exact) mass is 336 g/mol. The van der Waals surface area contributed by atoms with Gasteiger partial charge in [-0.25, -0.2) is 4.39 Å². The number of hydrogen-bond acceptors (Lipinski definition) is 2. The molecule has 20 heavy (non-hydrogen) atoms. The van der Waals surface area contributed by atoms with Gasteiger partial charge in [0, 0.05) is 17.4 Å². The number of likely N-dealkylation sites (N-methyl/N-ethyl adjacent to an activating group) is 1. The van der Waals surface area contributed by atoms with Crippen LogP contribution in [0.5, 0.6) is 0 Å². The molecule has 2 aromatic rings. The topological polar surface area (TPSA) is 24.9 Å². The van der Waals surface area contributed by atoms with Crippen molar-refractivity contribution in [1.29, 1.82) is 0 Å². The van der Waals surface area contributed by atoms with Crippen LogP contribution in [0, 0.1) is 19.7 Å². The van der Waals surface area contributed by atoms with Gasteiger partial charge in [0.25, 0.3) is 0 Å². The summed E-state index contributed by atoms with van der Waals surface area (Å²) in [6, 6.07) is 9.44. The molecular weight excluding hydrogens is 319 g/mol. The third-order valence-corrected chi connectivity index (χ3v) is 4.02. The highest BCUT2D eigenvalue weighted by atomic mass is 79.9. The molecule has 0 saturated heterocycles. The predicted octanol–water partition coefficient (Wildman–Crippen LogP) is 4.10. The minimum Gasteiger partial charge on any atom is -0.313 e. The van der Waals surface area contributed by atoms with Crippen molar-refractivity contribution in [3.05, 3.63) is 63.1 Å². The van der Waals surface area contributed by atoms with E-state index in [1.54, 1.807) is 0 Å². The molecule has 106 valence electrons. The zero-order valence-electron chi connectivity index (χ0n) is 11.9. The van der Waals surface area contributed by atoms with Crippen LogP contribution in [-0.2, 0) is 6.42 Å². The highest BCUT2D eigenvalue weighted by Gasteiger charge is 2.14. The summed E-state index contributed by atoms with van der Waals surface area (Å²) in [6.07, 6.45) is 0.793. The average Bonchev–Trinajstić information content (AvgIpc) is 2.41. The second kappa shape index (κ2) is 6.46. The van der Waals surface area contributed by atoms with Crippen molar-refractivity contribution >= 4 is 15.9 Å². The van der Waals surface area contributed by atoms with Crippen LogP contribution < -0.4 is 5.32 Å². The van der Waals surface area contributed by atoms with Crippen LogP contribution in [0.15, 0.2) is 34.8 Å². The van der Waals surface area contributed by atoms with Gasteiger partial charge >= 0.3 is 0 Å². The first-order valence-corrected chi connectivity index (χ1v) is 7.36. The second-order valence-electron chi connectivity index (χ2n) is 4.92. The minimum atomic E-state index is -0.233. The molecule has 1 atom stereocenters. The number of hydrogen-bond donors (Lipinski definition) is 1. The Morgan fingerprint density at radius 2 is 2.00 bits per heavy atom. The van der Waals surface area contributed by atoms with Crippen molar-refractivity contribution < 1.29 is 4.39 Å². The largest absolute Gasteiger partial charge is 0.313 e. The number of aromatic nitrogens is 1. The number of nitrogens with one attached hydrogen (secondary N) is 1. The molecule has 0 aliphatic carbocycles. The molecule has 0 radical (unpaired) electrons. The summed E-state index contributed by atoms with van der Waals surface area (Å²) in [5.74, 6) is -0.233. The quantitative estimate of drug-likeness (QED) is 0.908. The summed E-state index contributed by atoms with van der Waals surface area (Å²) in [5.41, 5.74) is 4.31. The van der Waals surface area contributed by atoms with Gasteiger partial charge in [-0.1, -0.05) is 12.1 Å². The van der Waals surface area contributed by atoms with Gasteiger partial charge in [0.05, 0.1) is 4.47 Å². The molecule has 1 aromatic carbocycles. The van der Waals surface area contributed by atoms with Crippen LogP contribution in [0.3, 0.4) is 0 Å². The van der Waals surface area contributed by atoms with E-state index in [-0.39, 0.29) is 11.9 Å². The maximum Gasteiger partial charge on any atom is 0.137 e. The molecule has 0 spiro atoms. The summed E-state index contributed by atoms with van der Waals surface area (Å²) in [6.45, 7) is 4.01. The molecule has 0 aliphatic rings. The standard InChI is InChI=1S/C16H18BrFN2/c1-10-4-6-13(11(2)20-10)16(19-3)9-12-5-7-15(18)14(17)8-12/h4-8,16,19H,9H2,1-3H3. The molecule has 2 nitrogen and oxygen atoms in total. The SMILES string of the molecule is CNC(Cc1ccc(F)c(Br)c1)c1ccc(C)nc1C. The van der Waals surface area contributed by atoms with Crippen LogP contribution in [0.25, 0.3) is 0 Å². The first-order chi connectivity index (χ1) is 9.51. The molecule has 2 rings (SSSR count). The maximum atomic E-state index is 13.3. The van der Waals surface area contributed by atoms with Crippen LogP contribution in [0.2, 0.25) is 0 Å². The minimum absolute atomic E-state index is 0.167. The van der Waals surface area contributed by atoms with Gasteiger partial charge in [-0.15, -0.1) is 0 Å². The van der Waals surface area contributed by atoms with E-state index in [0.29, 0.717) is 4.47 Å². The molecule has 0 amide bonds. The molecule has 1 heterocycles. The Morgan fingerprint density at radius 1 is 1.25 bits per heavy atom. The van der Waals surface area contributed by atoms with E-state index in [1.165, 1.54) is 11.6 Å². The van der Waals surface area contributed by atoms with E-state index < -0.39 is 0 Å². The summed E-state index contributed by atoms with van der Waals surface area (Å²) >= 11 is 3.23. The fourth-order valence-electron chi connectivity index (χ4n) is 2.34. The van der Waals surface area contributed by atoms with Crippen LogP contribution in [0.1, 0.15) is 28.6 Å². The van der Waals surface area contributed by atoms with Gasteiger partial charge < -0.3 is 5.32 Å². The Hall–Kier alpha value is -1.26. The van der Waals surface area contributed by atoms with Gasteiger partial charge in [-0.05, 0) is 72.6 Å². The fraction of sp³-hybridized carbons (Fsp3) is 0.312. The van der Waals surface area contributed by atoms with Crippen LogP contribution in [-0.4, -0.2) is 12.0 Å². The van der Waals surface area contributed by atoms with Gasteiger partial charge in [0.15, 0.2) is 0 Å². The van der Waals surface area contributed by atoms with Crippen molar-refractivity contribution in [3.8, 4) is 0 Å². The molecule has 1 N–H and O–H groups in total. The smallest absolute Gasteiger partial charge is 0.137 e. The van der Waals surface area contributed by atoms with Gasteiger partial charge in [-0.3, -0.25) is 4.98 Å². The Kier molecular flexibility index (Phi) is 4.89. The van der Waals surface area contributed by atoms with E-state index in [9.17, 15) is 4.39 Å². The van der Waals surface area contributed by atoms with Gasteiger partial charge in [-0.2, -0.15) is 0 Å². The maximum absolute atomic E-state index is 13.3. The number of pyridine rings is 1. The van der Waals surface area contributed by atoms with Crippen LogP contribution >= 0.6 is 15.9 Å². The van der Waals surface area contributed by atoms with Crippen molar-refractivity contribution in [2.24, 2.45) is 0 Å². The normalized spacial score (nSPS) is 12.4. The van der Waals surface area contributed by atoms with E-state index in [0.717, 1.165) is 23.4 Å². The second-order valence-corrected chi connectivity index (χ2v) is 5.78. The van der Waals surface area contributed by atoms with Gasteiger partial charge in [0.2, 0.25) is 0 Å². The molecule has 1 aromatic heterocycles. The lowest BCUT2D eigenvalue weighted by molar-refractivity contribution is 0.582. The zero-order valence-corrected chi connectivity index (χ0v) is 13.5. The predicted molar refractivity (Wildman–Crippen MR) is 83.3 cm³/mol. The lowest BCUT2D eigenvalue weighted by Crippen LogP contribution is -2.20. The van der Waals surface area contributed by atoms with Crippen LogP contribution in [0.4, 0.5) is 4.39 Å². The van der Waals surface area contributed by atoms with Crippen molar-refractivity contribution in [1.82, 2.24) is 10.3 Å². The zero-order chi connectivity index (χ0) is 14.7. The number of halogens is 2. The molecular formula is C16H18BrFN2. The lowest BCUT2D eigenvalue weighted by Gasteiger charge is -2.19. The first-order valence-electron chi connectivity index (χ1n) is 6.56. The van der Waals surface area contributed by atoms with Crippen molar-refractivity contribution in [2.75, 3.05) is 7.05 Å². The van der Waals surface area contributed by atoms with E-state index in [1.807, 2.05) is 39.1 Å². The third kappa shape index (κ3) is 3.44. The first kappa shape index (κ1) is 15.1. The third-order valence-electron chi connectivity index (χ3n) is 3.41. The number of rotatable bonds is 4. The highest BCUT2D eigenvalue weighted by molar-refractivity contribution is 9.10. The Balaban J connectivity index is 2.26. The molecule has 0 fully saturated rings. The lowest BCUT2D eigenvalue weighted by atomic mass is 9.97. The number of benzene rings is 1. The van der Waals surface area contributed by atoms with Gasteiger partial charge in [0.1, 0.15) is 5.82 Å². The van der Waals surface area contributed by atoms with Crippen molar-refractivity contribution in [3.63, 3.8) is 0 Å². The Labute approximate surface area is 127 Å². The number of aryl methyl sites for hydroxylation is 2. The highest BCUT2D eigenvalue weighted by Crippen LogP contribution is 2.23. The van der Waals surface area contributed by atoms with E-state index >= 15 is 0 Å². The molecule has 4 heteroatoms. The summed E-state index contributed by atoms with van der Waals surface area (Å²) in [7, 11) is 1.93. The molecule has 1 unspecified atom stereocenters. The fourth-order valence-corrected chi connectivity index (χ4v) is 2.76. The molecule has 0 aliphatic heterocycles. The Morgan fingerprint density at radius 3 is 2.60 bits per heavy atom. The Bertz CT molecular complexity index is 613. The summed E-state index contributed by atoms with van der Waals surface area (Å²) in [5, 5.41) is 3.31. The van der Waals surface area contributed by atoms with E-state index in [4.69, 9.17) is 0 Å². The number of nitrogens with zero attached hydrogens (tertiary/aromatic N) is 1. The molecule has 0 saturated carbocycles. The average molecular weight is 337 g/mol. The summed E-state index contributed by atoms with van der Waals surface area (Å²) in [4.78, 5) is 4.51. The molecule has 0 bridgehead atoms.